The zero-order valence-corrected chi connectivity index (χ0v) is 13.2. The van der Waals surface area contributed by atoms with E-state index < -0.39 is 0 Å². The van der Waals surface area contributed by atoms with E-state index in [0.29, 0.717) is 24.7 Å². The molecule has 0 atom stereocenters. The molecule has 0 amide bonds. The molecule has 0 spiro atoms. The van der Waals surface area contributed by atoms with Crippen LogP contribution in [0.2, 0.25) is 0 Å². The number of hydrogen-bond donors (Lipinski definition) is 2. The Morgan fingerprint density at radius 1 is 1.18 bits per heavy atom. The van der Waals surface area contributed by atoms with E-state index in [0.717, 1.165) is 25.5 Å². The van der Waals surface area contributed by atoms with E-state index >= 15 is 0 Å². The Morgan fingerprint density at radius 2 is 2.00 bits per heavy atom. The normalized spacial score (nSPS) is 11.5. The number of nitrogens with one attached hydrogen (secondary N) is 2. The number of rotatable bonds is 7. The number of aryl methyl sites for hydroxylation is 1. The van der Waals surface area contributed by atoms with Crippen molar-refractivity contribution in [2.75, 3.05) is 19.6 Å². The Bertz CT molecular complexity index is 579. The van der Waals surface area contributed by atoms with Crippen LogP contribution in [0, 0.1) is 6.92 Å². The van der Waals surface area contributed by atoms with E-state index in [9.17, 15) is 0 Å². The number of aliphatic imine (C=N–C) groups is 1. The molecule has 0 fully saturated rings. The molecule has 1 heterocycles. The van der Waals surface area contributed by atoms with Crippen LogP contribution < -0.4 is 10.6 Å². The summed E-state index contributed by atoms with van der Waals surface area (Å²) in [6.07, 6.45) is 1.62. The number of aromatic nitrogens is 2. The second-order valence-electron chi connectivity index (χ2n) is 4.91. The molecular formula is C16H23N5O. The van der Waals surface area contributed by atoms with E-state index in [1.807, 2.05) is 13.0 Å². The van der Waals surface area contributed by atoms with Crippen molar-refractivity contribution in [3.05, 3.63) is 47.6 Å². The molecule has 1 aromatic heterocycles. The highest BCUT2D eigenvalue weighted by atomic mass is 16.5. The van der Waals surface area contributed by atoms with Crippen LogP contribution in [0.3, 0.4) is 0 Å². The molecule has 0 aliphatic heterocycles. The summed E-state index contributed by atoms with van der Waals surface area (Å²) in [5, 5.41) is 10.3. The molecule has 1 aromatic carbocycles. The molecule has 0 aliphatic rings. The maximum absolute atomic E-state index is 5.07. The molecule has 2 aromatic rings. The highest BCUT2D eigenvalue weighted by Crippen LogP contribution is 1.98. The van der Waals surface area contributed by atoms with Crippen molar-refractivity contribution in [2.45, 2.75) is 26.7 Å². The summed E-state index contributed by atoms with van der Waals surface area (Å²) in [6.45, 7) is 6.15. The summed E-state index contributed by atoms with van der Waals surface area (Å²) in [6, 6.07) is 10.4. The average molecular weight is 301 g/mol. The van der Waals surface area contributed by atoms with Gasteiger partial charge in [-0.1, -0.05) is 35.5 Å². The molecule has 6 nitrogen and oxygen atoms in total. The van der Waals surface area contributed by atoms with Gasteiger partial charge >= 0.3 is 0 Å². The molecule has 0 saturated carbocycles. The first-order valence-corrected chi connectivity index (χ1v) is 7.63. The SMILES string of the molecule is CCNC(=NCCc1nc(C)no1)NCCc1ccccc1. The molecule has 2 rings (SSSR count). The van der Waals surface area contributed by atoms with Gasteiger partial charge in [-0.15, -0.1) is 0 Å². The molecule has 118 valence electrons. The predicted octanol–water partition coefficient (Wildman–Crippen LogP) is 1.72. The summed E-state index contributed by atoms with van der Waals surface area (Å²) in [7, 11) is 0. The largest absolute Gasteiger partial charge is 0.357 e. The van der Waals surface area contributed by atoms with E-state index in [1.54, 1.807) is 0 Å². The van der Waals surface area contributed by atoms with Crippen molar-refractivity contribution in [1.29, 1.82) is 0 Å². The molecule has 0 saturated heterocycles. The molecule has 0 aliphatic carbocycles. The lowest BCUT2D eigenvalue weighted by molar-refractivity contribution is 0.376. The van der Waals surface area contributed by atoms with Crippen molar-refractivity contribution in [3.63, 3.8) is 0 Å². The van der Waals surface area contributed by atoms with Gasteiger partial charge in [-0.2, -0.15) is 4.98 Å². The maximum atomic E-state index is 5.07. The van der Waals surface area contributed by atoms with Gasteiger partial charge in [0.15, 0.2) is 11.8 Å². The van der Waals surface area contributed by atoms with Gasteiger partial charge in [0, 0.05) is 19.5 Å². The zero-order valence-electron chi connectivity index (χ0n) is 13.2. The van der Waals surface area contributed by atoms with Crippen molar-refractivity contribution < 1.29 is 4.52 Å². The Hall–Kier alpha value is -2.37. The minimum absolute atomic E-state index is 0.613. The van der Waals surface area contributed by atoms with Crippen LogP contribution in [0.1, 0.15) is 24.2 Å². The molecular weight excluding hydrogens is 278 g/mol. The van der Waals surface area contributed by atoms with Gasteiger partial charge in [0.05, 0.1) is 6.54 Å². The van der Waals surface area contributed by atoms with Gasteiger partial charge in [0.2, 0.25) is 5.89 Å². The smallest absolute Gasteiger partial charge is 0.228 e. The molecule has 0 radical (unpaired) electrons. The Kier molecular flexibility index (Phi) is 6.41. The van der Waals surface area contributed by atoms with Crippen molar-refractivity contribution in [2.24, 2.45) is 4.99 Å². The number of guanidine groups is 1. The molecule has 6 heteroatoms. The van der Waals surface area contributed by atoms with Crippen LogP contribution in [0.25, 0.3) is 0 Å². The van der Waals surface area contributed by atoms with Gasteiger partial charge in [-0.25, -0.2) is 0 Å². The Balaban J connectivity index is 1.77. The predicted molar refractivity (Wildman–Crippen MR) is 86.9 cm³/mol. The summed E-state index contributed by atoms with van der Waals surface area (Å²) in [4.78, 5) is 8.68. The van der Waals surface area contributed by atoms with Crippen LogP contribution in [0.4, 0.5) is 0 Å². The van der Waals surface area contributed by atoms with Gasteiger partial charge in [0.1, 0.15) is 0 Å². The molecule has 22 heavy (non-hydrogen) atoms. The van der Waals surface area contributed by atoms with E-state index in [2.05, 4.69) is 57.0 Å². The van der Waals surface area contributed by atoms with Crippen molar-refractivity contribution in [3.8, 4) is 0 Å². The average Bonchev–Trinajstić information content (AvgIpc) is 2.94. The van der Waals surface area contributed by atoms with Gasteiger partial charge in [-0.3, -0.25) is 4.99 Å². The van der Waals surface area contributed by atoms with E-state index in [4.69, 9.17) is 4.52 Å². The quantitative estimate of drug-likeness (QED) is 0.601. The third-order valence-electron chi connectivity index (χ3n) is 3.06. The lowest BCUT2D eigenvalue weighted by Gasteiger charge is -2.11. The fourth-order valence-electron chi connectivity index (χ4n) is 2.02. The van der Waals surface area contributed by atoms with Gasteiger partial charge in [-0.05, 0) is 25.8 Å². The topological polar surface area (TPSA) is 75.3 Å². The minimum atomic E-state index is 0.613. The molecule has 0 unspecified atom stereocenters. The standard InChI is InChI=1S/C16H23N5O/c1-3-17-16(18-11-9-14-7-5-4-6-8-14)19-12-10-15-20-13(2)21-22-15/h4-8H,3,9-12H2,1-2H3,(H2,17,18,19). The minimum Gasteiger partial charge on any atom is -0.357 e. The Labute approximate surface area is 131 Å². The van der Waals surface area contributed by atoms with E-state index in [-0.39, 0.29) is 0 Å². The maximum Gasteiger partial charge on any atom is 0.228 e. The van der Waals surface area contributed by atoms with Crippen LogP contribution >= 0.6 is 0 Å². The highest BCUT2D eigenvalue weighted by Gasteiger charge is 2.02. The van der Waals surface area contributed by atoms with Gasteiger partial charge in [0.25, 0.3) is 0 Å². The summed E-state index contributed by atoms with van der Waals surface area (Å²) in [5.41, 5.74) is 1.31. The zero-order chi connectivity index (χ0) is 15.6. The highest BCUT2D eigenvalue weighted by molar-refractivity contribution is 5.79. The van der Waals surface area contributed by atoms with Crippen molar-refractivity contribution in [1.82, 2.24) is 20.8 Å². The first-order chi connectivity index (χ1) is 10.8. The van der Waals surface area contributed by atoms with Crippen LogP contribution in [0.15, 0.2) is 39.8 Å². The number of benzene rings is 1. The number of hydrogen-bond acceptors (Lipinski definition) is 4. The summed E-state index contributed by atoms with van der Waals surface area (Å²) >= 11 is 0. The fraction of sp³-hybridized carbons (Fsp3) is 0.438. The Morgan fingerprint density at radius 3 is 2.68 bits per heavy atom. The third-order valence-corrected chi connectivity index (χ3v) is 3.06. The lowest BCUT2D eigenvalue weighted by Crippen LogP contribution is -2.38. The number of nitrogens with zero attached hydrogens (tertiary/aromatic N) is 3. The lowest BCUT2D eigenvalue weighted by atomic mass is 10.1. The van der Waals surface area contributed by atoms with E-state index in [1.165, 1.54) is 5.56 Å². The third kappa shape index (κ3) is 5.55. The van der Waals surface area contributed by atoms with Gasteiger partial charge < -0.3 is 15.2 Å². The second-order valence-corrected chi connectivity index (χ2v) is 4.91. The molecule has 2 N–H and O–H groups in total. The second kappa shape index (κ2) is 8.81. The first-order valence-electron chi connectivity index (χ1n) is 7.63. The van der Waals surface area contributed by atoms with Crippen LogP contribution in [-0.2, 0) is 12.8 Å². The molecule has 0 bridgehead atoms. The first kappa shape index (κ1) is 16.0. The fourth-order valence-corrected chi connectivity index (χ4v) is 2.02. The monoisotopic (exact) mass is 301 g/mol. The van der Waals surface area contributed by atoms with Crippen molar-refractivity contribution >= 4 is 5.96 Å². The summed E-state index contributed by atoms with van der Waals surface area (Å²) < 4.78 is 5.07. The van der Waals surface area contributed by atoms with Crippen LogP contribution in [0.5, 0.6) is 0 Å². The summed E-state index contributed by atoms with van der Waals surface area (Å²) in [5.74, 6) is 2.10. The van der Waals surface area contributed by atoms with Crippen LogP contribution in [-0.4, -0.2) is 35.7 Å².